The summed E-state index contributed by atoms with van der Waals surface area (Å²) in [7, 11) is 0. The fourth-order valence-corrected chi connectivity index (χ4v) is 1.60. The first kappa shape index (κ1) is 10.9. The molecule has 3 nitrogen and oxygen atoms in total. The SMILES string of the molecule is N#Cc1cccc(-c2cccc(C(=O)O)c2)c1. The summed E-state index contributed by atoms with van der Waals surface area (Å²) in [6.07, 6.45) is 0. The van der Waals surface area contributed by atoms with Gasteiger partial charge >= 0.3 is 5.97 Å². The van der Waals surface area contributed by atoms with Crippen molar-refractivity contribution >= 4 is 5.97 Å². The van der Waals surface area contributed by atoms with Crippen LogP contribution in [-0.4, -0.2) is 11.1 Å². The molecule has 0 amide bonds. The zero-order valence-corrected chi connectivity index (χ0v) is 8.92. The molecule has 0 aliphatic carbocycles. The smallest absolute Gasteiger partial charge is 0.335 e. The van der Waals surface area contributed by atoms with E-state index in [-0.39, 0.29) is 5.56 Å². The minimum Gasteiger partial charge on any atom is -0.478 e. The summed E-state index contributed by atoms with van der Waals surface area (Å²) in [6.45, 7) is 0. The highest BCUT2D eigenvalue weighted by Crippen LogP contribution is 2.21. The van der Waals surface area contributed by atoms with Crippen LogP contribution in [0.5, 0.6) is 0 Å². The van der Waals surface area contributed by atoms with Crippen molar-refractivity contribution in [2.24, 2.45) is 0 Å². The minimum absolute atomic E-state index is 0.241. The Morgan fingerprint density at radius 3 is 2.35 bits per heavy atom. The van der Waals surface area contributed by atoms with E-state index in [1.54, 1.807) is 36.4 Å². The molecule has 2 aromatic rings. The van der Waals surface area contributed by atoms with Gasteiger partial charge in [-0.3, -0.25) is 0 Å². The Balaban J connectivity index is 2.49. The number of hydrogen-bond acceptors (Lipinski definition) is 2. The molecule has 0 heterocycles. The number of hydrogen-bond donors (Lipinski definition) is 1. The normalized spacial score (nSPS) is 9.59. The molecule has 2 rings (SSSR count). The molecule has 1 N–H and O–H groups in total. The van der Waals surface area contributed by atoms with Gasteiger partial charge in [-0.15, -0.1) is 0 Å². The highest BCUT2D eigenvalue weighted by molar-refractivity contribution is 5.89. The van der Waals surface area contributed by atoms with Gasteiger partial charge in [0.25, 0.3) is 0 Å². The average Bonchev–Trinajstić information content (AvgIpc) is 2.39. The van der Waals surface area contributed by atoms with Crippen molar-refractivity contribution in [2.45, 2.75) is 0 Å². The Morgan fingerprint density at radius 1 is 1.06 bits per heavy atom. The molecule has 0 atom stereocenters. The van der Waals surface area contributed by atoms with Crippen molar-refractivity contribution in [3.8, 4) is 17.2 Å². The molecule has 82 valence electrons. The minimum atomic E-state index is -0.955. The lowest BCUT2D eigenvalue weighted by Gasteiger charge is -2.03. The maximum Gasteiger partial charge on any atom is 0.335 e. The summed E-state index contributed by atoms with van der Waals surface area (Å²) in [6, 6.07) is 15.8. The number of carboxylic acid groups (broad SMARTS) is 1. The summed E-state index contributed by atoms with van der Waals surface area (Å²) in [5.74, 6) is -0.955. The van der Waals surface area contributed by atoms with Crippen molar-refractivity contribution < 1.29 is 9.90 Å². The molecule has 0 saturated carbocycles. The van der Waals surface area contributed by atoms with Crippen LogP contribution in [0, 0.1) is 11.3 Å². The third-order valence-electron chi connectivity index (χ3n) is 2.43. The molecule has 0 aromatic heterocycles. The van der Waals surface area contributed by atoms with E-state index in [0.29, 0.717) is 5.56 Å². The Hall–Kier alpha value is -2.60. The van der Waals surface area contributed by atoms with E-state index in [2.05, 4.69) is 6.07 Å². The van der Waals surface area contributed by atoms with Crippen molar-refractivity contribution in [1.82, 2.24) is 0 Å². The van der Waals surface area contributed by atoms with Crippen LogP contribution < -0.4 is 0 Å². The van der Waals surface area contributed by atoms with Gasteiger partial charge < -0.3 is 5.11 Å². The van der Waals surface area contributed by atoms with Crippen LogP contribution in [0.3, 0.4) is 0 Å². The third kappa shape index (κ3) is 2.32. The molecule has 17 heavy (non-hydrogen) atoms. The molecule has 0 fully saturated rings. The van der Waals surface area contributed by atoms with Crippen molar-refractivity contribution in [3.05, 3.63) is 59.7 Å². The Bertz CT molecular complexity index is 612. The van der Waals surface area contributed by atoms with Crippen molar-refractivity contribution in [2.75, 3.05) is 0 Å². The number of nitriles is 1. The quantitative estimate of drug-likeness (QED) is 0.851. The van der Waals surface area contributed by atoms with Crippen LogP contribution in [0.25, 0.3) is 11.1 Å². The van der Waals surface area contributed by atoms with Crippen LogP contribution in [0.2, 0.25) is 0 Å². The van der Waals surface area contributed by atoms with Gasteiger partial charge in [0.15, 0.2) is 0 Å². The van der Waals surface area contributed by atoms with E-state index in [1.165, 1.54) is 0 Å². The van der Waals surface area contributed by atoms with Gasteiger partial charge in [-0.2, -0.15) is 5.26 Å². The molecule has 0 unspecified atom stereocenters. The summed E-state index contributed by atoms with van der Waals surface area (Å²) in [5.41, 5.74) is 2.43. The molecule has 0 aliphatic heterocycles. The van der Waals surface area contributed by atoms with E-state index in [1.807, 2.05) is 12.1 Å². The molecule has 0 aliphatic rings. The molecule has 0 saturated heterocycles. The van der Waals surface area contributed by atoms with Crippen LogP contribution in [-0.2, 0) is 0 Å². The first-order valence-corrected chi connectivity index (χ1v) is 5.04. The lowest BCUT2D eigenvalue weighted by atomic mass is 10.0. The zero-order valence-electron chi connectivity index (χ0n) is 8.92. The summed E-state index contributed by atoms with van der Waals surface area (Å²) >= 11 is 0. The molecule has 3 heteroatoms. The average molecular weight is 223 g/mol. The Labute approximate surface area is 98.6 Å². The van der Waals surface area contributed by atoms with Gasteiger partial charge in [-0.1, -0.05) is 24.3 Å². The number of benzene rings is 2. The van der Waals surface area contributed by atoms with Gasteiger partial charge in [0.05, 0.1) is 17.2 Å². The number of rotatable bonds is 2. The number of aromatic carboxylic acids is 1. The highest BCUT2D eigenvalue weighted by atomic mass is 16.4. The predicted molar refractivity (Wildman–Crippen MR) is 63.6 cm³/mol. The molecular formula is C14H9NO2. The third-order valence-corrected chi connectivity index (χ3v) is 2.43. The van der Waals surface area contributed by atoms with E-state index >= 15 is 0 Å². The molecule has 0 radical (unpaired) electrons. The van der Waals surface area contributed by atoms with Gasteiger partial charge in [-0.05, 0) is 35.4 Å². The summed E-state index contributed by atoms with van der Waals surface area (Å²) < 4.78 is 0. The molecule has 2 aromatic carbocycles. The lowest BCUT2D eigenvalue weighted by molar-refractivity contribution is 0.0697. The monoisotopic (exact) mass is 223 g/mol. The topological polar surface area (TPSA) is 61.1 Å². The molecular weight excluding hydrogens is 214 g/mol. The van der Waals surface area contributed by atoms with Crippen LogP contribution in [0.1, 0.15) is 15.9 Å². The van der Waals surface area contributed by atoms with E-state index in [0.717, 1.165) is 11.1 Å². The number of carboxylic acids is 1. The van der Waals surface area contributed by atoms with Crippen LogP contribution >= 0.6 is 0 Å². The first-order valence-electron chi connectivity index (χ1n) is 5.04. The zero-order chi connectivity index (χ0) is 12.3. The first-order chi connectivity index (χ1) is 8.20. The van der Waals surface area contributed by atoms with Crippen molar-refractivity contribution in [1.29, 1.82) is 5.26 Å². The van der Waals surface area contributed by atoms with E-state index < -0.39 is 5.97 Å². The fourth-order valence-electron chi connectivity index (χ4n) is 1.60. The maximum atomic E-state index is 10.9. The van der Waals surface area contributed by atoms with Gasteiger partial charge in [-0.25, -0.2) is 4.79 Å². The van der Waals surface area contributed by atoms with Gasteiger partial charge in [0, 0.05) is 0 Å². The van der Waals surface area contributed by atoms with Crippen LogP contribution in [0.4, 0.5) is 0 Å². The predicted octanol–water partition coefficient (Wildman–Crippen LogP) is 2.92. The number of nitrogens with zero attached hydrogens (tertiary/aromatic N) is 1. The second-order valence-electron chi connectivity index (χ2n) is 3.58. The standard InChI is InChI=1S/C14H9NO2/c15-9-10-3-1-4-11(7-10)12-5-2-6-13(8-12)14(16)17/h1-8H,(H,16,17). The maximum absolute atomic E-state index is 10.9. The van der Waals surface area contributed by atoms with E-state index in [9.17, 15) is 4.79 Å². The van der Waals surface area contributed by atoms with Gasteiger partial charge in [0.2, 0.25) is 0 Å². The second kappa shape index (κ2) is 4.50. The number of carbonyl (C=O) groups is 1. The largest absolute Gasteiger partial charge is 0.478 e. The van der Waals surface area contributed by atoms with Gasteiger partial charge in [0.1, 0.15) is 0 Å². The lowest BCUT2D eigenvalue weighted by Crippen LogP contribution is -1.95. The van der Waals surface area contributed by atoms with E-state index in [4.69, 9.17) is 10.4 Å². The fraction of sp³-hybridized carbons (Fsp3) is 0. The Morgan fingerprint density at radius 2 is 1.71 bits per heavy atom. The molecule has 0 bridgehead atoms. The summed E-state index contributed by atoms with van der Waals surface area (Å²) in [5, 5.41) is 17.7. The second-order valence-corrected chi connectivity index (χ2v) is 3.58. The highest BCUT2D eigenvalue weighted by Gasteiger charge is 2.04. The summed E-state index contributed by atoms with van der Waals surface area (Å²) in [4.78, 5) is 10.9. The Kier molecular flexibility index (Phi) is 2.89. The van der Waals surface area contributed by atoms with Crippen LogP contribution in [0.15, 0.2) is 48.5 Å². The molecule has 0 spiro atoms. The van der Waals surface area contributed by atoms with Crippen molar-refractivity contribution in [3.63, 3.8) is 0 Å².